The molecule has 1 saturated heterocycles. The predicted octanol–water partition coefficient (Wildman–Crippen LogP) is 0.933. The first-order valence-electron chi connectivity index (χ1n) is 9.16. The lowest BCUT2D eigenvalue weighted by atomic mass is 10.1. The second kappa shape index (κ2) is 7.47. The zero-order valence-corrected chi connectivity index (χ0v) is 15.0. The summed E-state index contributed by atoms with van der Waals surface area (Å²) in [6.07, 6.45) is 5.93. The maximum Gasteiger partial charge on any atom is 0.238 e. The van der Waals surface area contributed by atoms with E-state index in [-0.39, 0.29) is 11.9 Å². The fourth-order valence-electron chi connectivity index (χ4n) is 3.35. The van der Waals surface area contributed by atoms with Crippen molar-refractivity contribution < 1.29 is 9.53 Å². The van der Waals surface area contributed by atoms with Gasteiger partial charge in [0, 0.05) is 44.6 Å². The Morgan fingerprint density at radius 1 is 1.42 bits per heavy atom. The Kier molecular flexibility index (Phi) is 4.90. The van der Waals surface area contributed by atoms with Gasteiger partial charge in [-0.05, 0) is 42.7 Å². The van der Waals surface area contributed by atoms with Gasteiger partial charge in [0.15, 0.2) is 0 Å². The van der Waals surface area contributed by atoms with Crippen molar-refractivity contribution in [2.45, 2.75) is 31.5 Å². The SMILES string of the molecule is COc1ccc(-n2cccn2)c(CN2CCNC(C(=O)NC3CC3)C2)c1. The molecule has 1 amide bonds. The minimum atomic E-state index is -0.150. The average Bonchev–Trinajstić information content (AvgIpc) is 3.31. The number of amides is 1. The Hall–Kier alpha value is -2.38. The van der Waals surface area contributed by atoms with Crippen molar-refractivity contribution in [1.82, 2.24) is 25.3 Å². The highest BCUT2D eigenvalue weighted by Gasteiger charge is 2.30. The summed E-state index contributed by atoms with van der Waals surface area (Å²) in [6, 6.07) is 8.19. The molecule has 1 aromatic heterocycles. The van der Waals surface area contributed by atoms with Crippen molar-refractivity contribution in [2.24, 2.45) is 0 Å². The molecule has 138 valence electrons. The van der Waals surface area contributed by atoms with Crippen LogP contribution in [0.1, 0.15) is 18.4 Å². The van der Waals surface area contributed by atoms with Crippen molar-refractivity contribution >= 4 is 5.91 Å². The smallest absolute Gasteiger partial charge is 0.238 e. The monoisotopic (exact) mass is 355 g/mol. The van der Waals surface area contributed by atoms with Crippen molar-refractivity contribution in [3.05, 3.63) is 42.2 Å². The van der Waals surface area contributed by atoms with Crippen LogP contribution >= 0.6 is 0 Å². The first-order valence-corrected chi connectivity index (χ1v) is 9.16. The van der Waals surface area contributed by atoms with E-state index in [0.717, 1.165) is 49.5 Å². The van der Waals surface area contributed by atoms with E-state index in [9.17, 15) is 4.79 Å². The molecule has 0 radical (unpaired) electrons. The maximum atomic E-state index is 12.4. The second-order valence-electron chi connectivity index (χ2n) is 6.97. The number of carbonyl (C=O) groups is 1. The van der Waals surface area contributed by atoms with Gasteiger partial charge in [0.1, 0.15) is 5.75 Å². The molecule has 2 fully saturated rings. The van der Waals surface area contributed by atoms with Crippen LogP contribution in [0.3, 0.4) is 0 Å². The van der Waals surface area contributed by atoms with Crippen LogP contribution in [0.5, 0.6) is 5.75 Å². The molecule has 26 heavy (non-hydrogen) atoms. The third-order valence-electron chi connectivity index (χ3n) is 4.93. The van der Waals surface area contributed by atoms with Gasteiger partial charge < -0.3 is 15.4 Å². The standard InChI is InChI=1S/C19H25N5O2/c1-26-16-5-6-18(24-9-2-7-21-24)14(11-16)12-23-10-8-20-17(13-23)19(25)22-15-3-4-15/h2,5-7,9,11,15,17,20H,3-4,8,10,12-13H2,1H3,(H,22,25). The number of ether oxygens (including phenoxy) is 1. The number of aromatic nitrogens is 2. The van der Waals surface area contributed by atoms with Gasteiger partial charge >= 0.3 is 0 Å². The van der Waals surface area contributed by atoms with E-state index in [2.05, 4.69) is 26.7 Å². The van der Waals surface area contributed by atoms with Crippen LogP contribution in [0.25, 0.3) is 5.69 Å². The zero-order valence-electron chi connectivity index (χ0n) is 15.0. The highest BCUT2D eigenvalue weighted by atomic mass is 16.5. The lowest BCUT2D eigenvalue weighted by molar-refractivity contribution is -0.124. The van der Waals surface area contributed by atoms with Gasteiger partial charge in [-0.15, -0.1) is 0 Å². The molecule has 2 N–H and O–H groups in total. The number of benzene rings is 1. The number of hydrogen-bond donors (Lipinski definition) is 2. The summed E-state index contributed by atoms with van der Waals surface area (Å²) in [6.45, 7) is 3.17. The van der Waals surface area contributed by atoms with Crippen LogP contribution < -0.4 is 15.4 Å². The fraction of sp³-hybridized carbons (Fsp3) is 0.474. The molecule has 4 rings (SSSR count). The first-order chi connectivity index (χ1) is 12.7. The molecule has 1 atom stereocenters. The van der Waals surface area contributed by atoms with Gasteiger partial charge in [-0.1, -0.05) is 0 Å². The summed E-state index contributed by atoms with van der Waals surface area (Å²) in [5, 5.41) is 10.8. The number of piperazine rings is 1. The first kappa shape index (κ1) is 17.1. The average molecular weight is 355 g/mol. The van der Waals surface area contributed by atoms with Crippen molar-refractivity contribution in [3.8, 4) is 11.4 Å². The van der Waals surface area contributed by atoms with Gasteiger partial charge in [-0.25, -0.2) is 4.68 Å². The van der Waals surface area contributed by atoms with Gasteiger partial charge in [0.25, 0.3) is 0 Å². The van der Waals surface area contributed by atoms with E-state index in [1.54, 1.807) is 13.3 Å². The second-order valence-corrected chi connectivity index (χ2v) is 6.97. The van der Waals surface area contributed by atoms with Gasteiger partial charge in [0.05, 0.1) is 18.8 Å². The third-order valence-corrected chi connectivity index (χ3v) is 4.93. The summed E-state index contributed by atoms with van der Waals surface area (Å²) in [5.74, 6) is 0.948. The summed E-state index contributed by atoms with van der Waals surface area (Å²) in [4.78, 5) is 14.7. The quantitative estimate of drug-likeness (QED) is 0.807. The van der Waals surface area contributed by atoms with Crippen LogP contribution in [-0.2, 0) is 11.3 Å². The lowest BCUT2D eigenvalue weighted by Gasteiger charge is -2.33. The highest BCUT2D eigenvalue weighted by Crippen LogP contribution is 2.23. The fourth-order valence-corrected chi connectivity index (χ4v) is 3.35. The lowest BCUT2D eigenvalue weighted by Crippen LogP contribution is -2.57. The Labute approximate surface area is 153 Å². The van der Waals surface area contributed by atoms with Crippen LogP contribution in [0.15, 0.2) is 36.7 Å². The van der Waals surface area contributed by atoms with Crippen molar-refractivity contribution in [3.63, 3.8) is 0 Å². The Balaban J connectivity index is 1.49. The van der Waals surface area contributed by atoms with Gasteiger partial charge in [0.2, 0.25) is 5.91 Å². The van der Waals surface area contributed by atoms with Gasteiger partial charge in [-0.3, -0.25) is 9.69 Å². The summed E-state index contributed by atoms with van der Waals surface area (Å²) >= 11 is 0. The van der Waals surface area contributed by atoms with E-state index < -0.39 is 0 Å². The molecule has 7 nitrogen and oxygen atoms in total. The summed E-state index contributed by atoms with van der Waals surface area (Å²) in [7, 11) is 1.68. The van der Waals surface area contributed by atoms with E-state index in [4.69, 9.17) is 4.74 Å². The number of nitrogens with one attached hydrogen (secondary N) is 2. The largest absolute Gasteiger partial charge is 0.497 e. The van der Waals surface area contributed by atoms with Crippen LogP contribution in [0, 0.1) is 0 Å². The molecule has 1 saturated carbocycles. The molecule has 2 aliphatic rings. The highest BCUT2D eigenvalue weighted by molar-refractivity contribution is 5.82. The molecule has 2 heterocycles. The van der Waals surface area contributed by atoms with E-state index in [1.807, 2.05) is 29.1 Å². The molecule has 0 bridgehead atoms. The molecule has 1 aliphatic carbocycles. The Morgan fingerprint density at radius 3 is 3.04 bits per heavy atom. The molecule has 1 aromatic carbocycles. The molecular formula is C19H25N5O2. The Bertz CT molecular complexity index is 757. The molecule has 1 unspecified atom stereocenters. The van der Waals surface area contributed by atoms with E-state index >= 15 is 0 Å². The molecule has 7 heteroatoms. The van der Waals surface area contributed by atoms with Crippen molar-refractivity contribution in [1.29, 1.82) is 0 Å². The normalized spacial score (nSPS) is 20.7. The minimum Gasteiger partial charge on any atom is -0.497 e. The third kappa shape index (κ3) is 3.89. The number of methoxy groups -OCH3 is 1. The van der Waals surface area contributed by atoms with Crippen LogP contribution in [0.2, 0.25) is 0 Å². The number of hydrogen-bond acceptors (Lipinski definition) is 5. The van der Waals surface area contributed by atoms with Crippen LogP contribution in [-0.4, -0.2) is 59.4 Å². The maximum absolute atomic E-state index is 12.4. The van der Waals surface area contributed by atoms with Gasteiger partial charge in [-0.2, -0.15) is 5.10 Å². The Morgan fingerprint density at radius 2 is 2.31 bits per heavy atom. The topological polar surface area (TPSA) is 71.4 Å². The number of rotatable bonds is 6. The van der Waals surface area contributed by atoms with E-state index in [0.29, 0.717) is 12.6 Å². The van der Waals surface area contributed by atoms with E-state index in [1.165, 1.54) is 0 Å². The summed E-state index contributed by atoms with van der Waals surface area (Å²) in [5.41, 5.74) is 2.17. The van der Waals surface area contributed by atoms with Crippen molar-refractivity contribution in [2.75, 3.05) is 26.7 Å². The minimum absolute atomic E-state index is 0.121. The molecular weight excluding hydrogens is 330 g/mol. The summed E-state index contributed by atoms with van der Waals surface area (Å²) < 4.78 is 7.27. The molecule has 0 spiro atoms. The number of nitrogens with zero attached hydrogens (tertiary/aromatic N) is 3. The van der Waals surface area contributed by atoms with Crippen LogP contribution in [0.4, 0.5) is 0 Å². The predicted molar refractivity (Wildman–Crippen MR) is 98.3 cm³/mol. The number of carbonyl (C=O) groups excluding carboxylic acids is 1. The molecule has 1 aliphatic heterocycles. The zero-order chi connectivity index (χ0) is 17.9. The molecule has 2 aromatic rings.